The maximum Gasteiger partial charge on any atom is 0.229 e. The van der Waals surface area contributed by atoms with E-state index in [1.165, 1.54) is 0 Å². The fraction of sp³-hybridized carbons (Fsp3) is 0.167. The van der Waals surface area contributed by atoms with Gasteiger partial charge in [-0.15, -0.1) is 5.10 Å². The summed E-state index contributed by atoms with van der Waals surface area (Å²) in [5.74, 6) is 0.674. The standard InChI is InChI=1S/C18H16N4O/c23-16-11-15(14-9-5-2-6-10-14)17-18(20-21-19-17)22(16)12-13-7-3-1-4-8-13/h1-10,15H,11-12H2,(H,19,20,21). The second-order valence-corrected chi connectivity index (χ2v) is 5.67. The zero-order valence-corrected chi connectivity index (χ0v) is 12.5. The summed E-state index contributed by atoms with van der Waals surface area (Å²) in [6.45, 7) is 0.515. The van der Waals surface area contributed by atoms with Gasteiger partial charge in [0.1, 0.15) is 5.69 Å². The van der Waals surface area contributed by atoms with Crippen LogP contribution in [0.25, 0.3) is 0 Å². The van der Waals surface area contributed by atoms with Crippen molar-refractivity contribution in [2.45, 2.75) is 18.9 Å². The van der Waals surface area contributed by atoms with E-state index in [-0.39, 0.29) is 11.8 Å². The van der Waals surface area contributed by atoms with Crippen LogP contribution in [-0.2, 0) is 11.3 Å². The van der Waals surface area contributed by atoms with E-state index in [4.69, 9.17) is 0 Å². The number of aromatic amines is 1. The summed E-state index contributed by atoms with van der Waals surface area (Å²) < 4.78 is 0. The number of rotatable bonds is 3. The zero-order chi connectivity index (χ0) is 15.6. The average Bonchev–Trinajstić information content (AvgIpc) is 3.08. The van der Waals surface area contributed by atoms with Crippen LogP contribution in [-0.4, -0.2) is 21.3 Å². The predicted octanol–water partition coefficient (Wildman–Crippen LogP) is 2.87. The number of H-pyrrole nitrogens is 1. The Labute approximate surface area is 134 Å². The van der Waals surface area contributed by atoms with Crippen LogP contribution in [0.1, 0.15) is 29.2 Å². The monoisotopic (exact) mass is 304 g/mol. The highest BCUT2D eigenvalue weighted by Crippen LogP contribution is 2.37. The van der Waals surface area contributed by atoms with E-state index in [0.717, 1.165) is 16.8 Å². The van der Waals surface area contributed by atoms with Gasteiger partial charge < -0.3 is 0 Å². The van der Waals surface area contributed by atoms with Crippen molar-refractivity contribution < 1.29 is 4.79 Å². The first kappa shape index (κ1) is 13.7. The van der Waals surface area contributed by atoms with Crippen molar-refractivity contribution in [1.82, 2.24) is 15.4 Å². The minimum atomic E-state index is -0.0375. The van der Waals surface area contributed by atoms with E-state index >= 15 is 0 Å². The number of nitrogens with zero attached hydrogens (tertiary/aromatic N) is 3. The molecule has 1 amide bonds. The molecule has 5 nitrogen and oxygen atoms in total. The fourth-order valence-corrected chi connectivity index (χ4v) is 3.06. The van der Waals surface area contributed by atoms with Gasteiger partial charge in [-0.1, -0.05) is 60.7 Å². The summed E-state index contributed by atoms with van der Waals surface area (Å²) in [6.07, 6.45) is 0.413. The Morgan fingerprint density at radius 3 is 2.43 bits per heavy atom. The molecule has 1 aliphatic heterocycles. The molecular weight excluding hydrogens is 288 g/mol. The molecule has 2 heterocycles. The van der Waals surface area contributed by atoms with Gasteiger partial charge in [0.2, 0.25) is 5.91 Å². The van der Waals surface area contributed by atoms with Gasteiger partial charge in [0.05, 0.1) is 6.54 Å². The first-order chi connectivity index (χ1) is 11.3. The van der Waals surface area contributed by atoms with Crippen LogP contribution in [0.5, 0.6) is 0 Å². The lowest BCUT2D eigenvalue weighted by Crippen LogP contribution is -2.36. The normalized spacial score (nSPS) is 17.1. The van der Waals surface area contributed by atoms with E-state index in [9.17, 15) is 4.79 Å². The molecule has 0 radical (unpaired) electrons. The topological polar surface area (TPSA) is 61.9 Å². The number of nitrogens with one attached hydrogen (secondary N) is 1. The van der Waals surface area contributed by atoms with E-state index < -0.39 is 0 Å². The van der Waals surface area contributed by atoms with Crippen LogP contribution >= 0.6 is 0 Å². The Morgan fingerprint density at radius 2 is 1.70 bits per heavy atom. The third-order valence-corrected chi connectivity index (χ3v) is 4.21. The molecule has 0 aliphatic carbocycles. The minimum Gasteiger partial charge on any atom is -0.289 e. The summed E-state index contributed by atoms with van der Waals surface area (Å²) >= 11 is 0. The minimum absolute atomic E-state index is 0.0375. The highest BCUT2D eigenvalue weighted by atomic mass is 16.2. The number of aromatic nitrogens is 3. The van der Waals surface area contributed by atoms with Gasteiger partial charge in [0, 0.05) is 12.3 Å². The number of carbonyl (C=O) groups is 1. The first-order valence-electron chi connectivity index (χ1n) is 7.63. The molecule has 0 saturated heterocycles. The van der Waals surface area contributed by atoms with Crippen molar-refractivity contribution in [3.8, 4) is 0 Å². The lowest BCUT2D eigenvalue weighted by atomic mass is 9.89. The molecule has 1 aliphatic rings. The molecule has 0 bridgehead atoms. The number of hydrogen-bond acceptors (Lipinski definition) is 3. The molecule has 4 rings (SSSR count). The molecule has 1 atom stereocenters. The van der Waals surface area contributed by atoms with Crippen LogP contribution in [0.3, 0.4) is 0 Å². The predicted molar refractivity (Wildman–Crippen MR) is 86.9 cm³/mol. The van der Waals surface area contributed by atoms with Crippen LogP contribution in [0.2, 0.25) is 0 Å². The van der Waals surface area contributed by atoms with Crippen molar-refractivity contribution in [1.29, 1.82) is 0 Å². The van der Waals surface area contributed by atoms with Crippen molar-refractivity contribution in [2.75, 3.05) is 4.90 Å². The maximum absolute atomic E-state index is 12.7. The summed E-state index contributed by atoms with van der Waals surface area (Å²) in [5.41, 5.74) is 3.01. The van der Waals surface area contributed by atoms with Crippen LogP contribution in [0, 0.1) is 0 Å². The van der Waals surface area contributed by atoms with Crippen LogP contribution in [0.4, 0.5) is 5.82 Å². The van der Waals surface area contributed by atoms with Gasteiger partial charge in [-0.25, -0.2) is 0 Å². The molecule has 114 valence electrons. The Balaban J connectivity index is 1.70. The third-order valence-electron chi connectivity index (χ3n) is 4.21. The maximum atomic E-state index is 12.7. The molecule has 0 spiro atoms. The zero-order valence-electron chi connectivity index (χ0n) is 12.5. The summed E-state index contributed by atoms with van der Waals surface area (Å²) in [6, 6.07) is 19.9. The van der Waals surface area contributed by atoms with E-state index in [1.54, 1.807) is 4.90 Å². The Morgan fingerprint density at radius 1 is 1.00 bits per heavy atom. The molecular formula is C18H16N4O. The Bertz CT molecular complexity index is 813. The Kier molecular flexibility index (Phi) is 3.38. The molecule has 0 saturated carbocycles. The van der Waals surface area contributed by atoms with Gasteiger partial charge in [-0.2, -0.15) is 10.3 Å². The molecule has 0 fully saturated rings. The second kappa shape index (κ2) is 5.68. The highest BCUT2D eigenvalue weighted by molar-refractivity contribution is 5.96. The Hall–Kier alpha value is -2.95. The third kappa shape index (κ3) is 2.50. The first-order valence-corrected chi connectivity index (χ1v) is 7.63. The molecule has 1 N–H and O–H groups in total. The summed E-state index contributed by atoms with van der Waals surface area (Å²) in [7, 11) is 0. The number of benzene rings is 2. The molecule has 23 heavy (non-hydrogen) atoms. The number of carbonyl (C=O) groups excluding carboxylic acids is 1. The lowest BCUT2D eigenvalue weighted by Gasteiger charge is -2.29. The second-order valence-electron chi connectivity index (χ2n) is 5.67. The van der Waals surface area contributed by atoms with E-state index in [1.807, 2.05) is 60.7 Å². The van der Waals surface area contributed by atoms with Gasteiger partial charge in [0.25, 0.3) is 0 Å². The van der Waals surface area contributed by atoms with E-state index in [2.05, 4.69) is 15.4 Å². The number of fused-ring (bicyclic) bond motifs is 1. The van der Waals surface area contributed by atoms with Crippen LogP contribution in [0.15, 0.2) is 60.7 Å². The lowest BCUT2D eigenvalue weighted by molar-refractivity contribution is -0.119. The molecule has 1 unspecified atom stereocenters. The van der Waals surface area contributed by atoms with Crippen LogP contribution < -0.4 is 4.90 Å². The van der Waals surface area contributed by atoms with Crippen molar-refractivity contribution in [3.63, 3.8) is 0 Å². The summed E-state index contributed by atoms with van der Waals surface area (Å²) in [4.78, 5) is 14.4. The molecule has 2 aromatic carbocycles. The van der Waals surface area contributed by atoms with E-state index in [0.29, 0.717) is 18.8 Å². The smallest absolute Gasteiger partial charge is 0.229 e. The van der Waals surface area contributed by atoms with Gasteiger partial charge in [0.15, 0.2) is 5.82 Å². The average molecular weight is 304 g/mol. The van der Waals surface area contributed by atoms with Gasteiger partial charge >= 0.3 is 0 Å². The number of hydrogen-bond donors (Lipinski definition) is 1. The molecule has 3 aromatic rings. The SMILES string of the molecule is O=C1CC(c2ccccc2)c2n[nH]nc2N1Cc1ccccc1. The quantitative estimate of drug-likeness (QED) is 0.809. The number of anilines is 1. The van der Waals surface area contributed by atoms with Crippen molar-refractivity contribution in [2.24, 2.45) is 0 Å². The largest absolute Gasteiger partial charge is 0.289 e. The van der Waals surface area contributed by atoms with Gasteiger partial charge in [-0.3, -0.25) is 9.69 Å². The number of amides is 1. The fourth-order valence-electron chi connectivity index (χ4n) is 3.06. The van der Waals surface area contributed by atoms with Gasteiger partial charge in [-0.05, 0) is 11.1 Å². The highest BCUT2D eigenvalue weighted by Gasteiger charge is 2.35. The van der Waals surface area contributed by atoms with Crippen molar-refractivity contribution in [3.05, 3.63) is 77.5 Å². The van der Waals surface area contributed by atoms with Crippen molar-refractivity contribution >= 4 is 11.7 Å². The molecule has 5 heteroatoms. The summed E-state index contributed by atoms with van der Waals surface area (Å²) in [5, 5.41) is 11.2. The molecule has 1 aromatic heterocycles.